The zero-order chi connectivity index (χ0) is 11.4. The molecule has 0 saturated carbocycles. The molecule has 2 rings (SSSR count). The number of benzene rings is 2. The van der Waals surface area contributed by atoms with Crippen molar-refractivity contribution in [3.05, 3.63) is 59.1 Å². The SMILES string of the molecule is COCc1cc(Cl)ccc1-c1ccccc1. The minimum atomic E-state index is 0.574. The zero-order valence-electron chi connectivity index (χ0n) is 9.11. The summed E-state index contributed by atoms with van der Waals surface area (Å²) >= 11 is 5.98. The van der Waals surface area contributed by atoms with Gasteiger partial charge >= 0.3 is 0 Å². The maximum absolute atomic E-state index is 5.98. The maximum atomic E-state index is 5.98. The van der Waals surface area contributed by atoms with Crippen molar-refractivity contribution in [1.29, 1.82) is 0 Å². The van der Waals surface area contributed by atoms with Gasteiger partial charge in [-0.3, -0.25) is 0 Å². The van der Waals surface area contributed by atoms with E-state index in [1.165, 1.54) is 11.1 Å². The highest BCUT2D eigenvalue weighted by Gasteiger charge is 2.05. The van der Waals surface area contributed by atoms with E-state index in [1.807, 2.05) is 36.4 Å². The monoisotopic (exact) mass is 232 g/mol. The normalized spacial score (nSPS) is 10.4. The third kappa shape index (κ3) is 2.43. The van der Waals surface area contributed by atoms with Crippen LogP contribution in [-0.2, 0) is 11.3 Å². The minimum Gasteiger partial charge on any atom is -0.380 e. The third-order valence-electron chi connectivity index (χ3n) is 2.45. The Morgan fingerprint density at radius 2 is 1.81 bits per heavy atom. The van der Waals surface area contributed by atoms with Crippen LogP contribution in [0.15, 0.2) is 48.5 Å². The molecular formula is C14H13ClO. The summed E-state index contributed by atoms with van der Waals surface area (Å²) in [6, 6.07) is 16.1. The van der Waals surface area contributed by atoms with E-state index in [0.29, 0.717) is 6.61 Å². The van der Waals surface area contributed by atoms with Crippen LogP contribution in [0.1, 0.15) is 5.56 Å². The first kappa shape index (κ1) is 11.2. The van der Waals surface area contributed by atoms with Gasteiger partial charge in [0.15, 0.2) is 0 Å². The summed E-state index contributed by atoms with van der Waals surface area (Å²) in [4.78, 5) is 0. The van der Waals surface area contributed by atoms with Crippen molar-refractivity contribution >= 4 is 11.6 Å². The van der Waals surface area contributed by atoms with Crippen LogP contribution in [0.4, 0.5) is 0 Å². The molecule has 0 aliphatic heterocycles. The number of hydrogen-bond donors (Lipinski definition) is 0. The molecule has 0 unspecified atom stereocenters. The summed E-state index contributed by atoms with van der Waals surface area (Å²) in [5.41, 5.74) is 3.47. The van der Waals surface area contributed by atoms with Crippen LogP contribution in [0.3, 0.4) is 0 Å². The first-order valence-electron chi connectivity index (χ1n) is 5.14. The summed E-state index contributed by atoms with van der Waals surface area (Å²) in [5.74, 6) is 0. The Bertz CT molecular complexity index is 465. The second kappa shape index (κ2) is 5.15. The molecule has 0 amide bonds. The molecule has 0 fully saturated rings. The smallest absolute Gasteiger partial charge is 0.0719 e. The molecule has 0 saturated heterocycles. The van der Waals surface area contributed by atoms with Crippen LogP contribution in [0.25, 0.3) is 11.1 Å². The maximum Gasteiger partial charge on any atom is 0.0719 e. The van der Waals surface area contributed by atoms with Gasteiger partial charge in [0.1, 0.15) is 0 Å². The summed E-state index contributed by atoms with van der Waals surface area (Å²) < 4.78 is 5.19. The van der Waals surface area contributed by atoms with Crippen LogP contribution in [0, 0.1) is 0 Å². The molecule has 0 radical (unpaired) electrons. The molecule has 0 aliphatic carbocycles. The lowest BCUT2D eigenvalue weighted by Crippen LogP contribution is -1.92. The van der Waals surface area contributed by atoms with Crippen LogP contribution >= 0.6 is 11.6 Å². The number of rotatable bonds is 3. The van der Waals surface area contributed by atoms with Crippen molar-refractivity contribution in [2.45, 2.75) is 6.61 Å². The lowest BCUT2D eigenvalue weighted by atomic mass is 10.0. The molecule has 0 atom stereocenters. The van der Waals surface area contributed by atoms with Gasteiger partial charge in [-0.05, 0) is 28.8 Å². The fraction of sp³-hybridized carbons (Fsp3) is 0.143. The van der Waals surface area contributed by atoms with E-state index in [1.54, 1.807) is 7.11 Å². The van der Waals surface area contributed by atoms with Crippen LogP contribution in [0.5, 0.6) is 0 Å². The fourth-order valence-electron chi connectivity index (χ4n) is 1.74. The Balaban J connectivity index is 2.48. The quantitative estimate of drug-likeness (QED) is 0.773. The first-order valence-corrected chi connectivity index (χ1v) is 5.52. The topological polar surface area (TPSA) is 9.23 Å². The van der Waals surface area contributed by atoms with Gasteiger partial charge in [0.05, 0.1) is 6.61 Å². The molecule has 0 heterocycles. The van der Waals surface area contributed by atoms with Crippen LogP contribution in [0.2, 0.25) is 5.02 Å². The van der Waals surface area contributed by atoms with Crippen LogP contribution in [-0.4, -0.2) is 7.11 Å². The molecule has 1 nitrogen and oxygen atoms in total. The van der Waals surface area contributed by atoms with Gasteiger partial charge in [0.2, 0.25) is 0 Å². The predicted octanol–water partition coefficient (Wildman–Crippen LogP) is 4.15. The molecule has 2 aromatic carbocycles. The van der Waals surface area contributed by atoms with Gasteiger partial charge < -0.3 is 4.74 Å². The first-order chi connectivity index (χ1) is 7.81. The zero-order valence-corrected chi connectivity index (χ0v) is 9.87. The number of methoxy groups -OCH3 is 1. The third-order valence-corrected chi connectivity index (χ3v) is 2.69. The van der Waals surface area contributed by atoms with Crippen molar-refractivity contribution in [3.8, 4) is 11.1 Å². The summed E-state index contributed by atoms with van der Waals surface area (Å²) in [6.45, 7) is 0.574. The number of hydrogen-bond acceptors (Lipinski definition) is 1. The van der Waals surface area contributed by atoms with E-state index in [4.69, 9.17) is 16.3 Å². The van der Waals surface area contributed by atoms with Crippen molar-refractivity contribution in [3.63, 3.8) is 0 Å². The van der Waals surface area contributed by atoms with E-state index >= 15 is 0 Å². The Hall–Kier alpha value is -1.31. The van der Waals surface area contributed by atoms with Gasteiger partial charge in [-0.25, -0.2) is 0 Å². The fourth-order valence-corrected chi connectivity index (χ4v) is 1.93. The molecule has 16 heavy (non-hydrogen) atoms. The van der Waals surface area contributed by atoms with Crippen LogP contribution < -0.4 is 0 Å². The molecule has 82 valence electrons. The predicted molar refractivity (Wildman–Crippen MR) is 67.6 cm³/mol. The lowest BCUT2D eigenvalue weighted by molar-refractivity contribution is 0.185. The van der Waals surface area contributed by atoms with Gasteiger partial charge in [-0.1, -0.05) is 48.0 Å². The Kier molecular flexibility index (Phi) is 3.60. The average molecular weight is 233 g/mol. The van der Waals surface area contributed by atoms with Crippen molar-refractivity contribution < 1.29 is 4.74 Å². The highest BCUT2D eigenvalue weighted by atomic mass is 35.5. The Morgan fingerprint density at radius 3 is 2.50 bits per heavy atom. The molecule has 0 spiro atoms. The molecule has 0 aromatic heterocycles. The summed E-state index contributed by atoms with van der Waals surface area (Å²) in [6.07, 6.45) is 0. The molecule has 2 heteroatoms. The molecule has 2 aromatic rings. The van der Waals surface area contributed by atoms with Gasteiger partial charge in [-0.2, -0.15) is 0 Å². The average Bonchev–Trinajstić information content (AvgIpc) is 2.31. The number of ether oxygens (including phenoxy) is 1. The van der Waals surface area contributed by atoms with E-state index in [9.17, 15) is 0 Å². The molecule has 0 bridgehead atoms. The highest BCUT2D eigenvalue weighted by molar-refractivity contribution is 6.30. The number of halogens is 1. The Labute approximate surface area is 101 Å². The van der Waals surface area contributed by atoms with Gasteiger partial charge in [0, 0.05) is 12.1 Å². The summed E-state index contributed by atoms with van der Waals surface area (Å²) in [5, 5.41) is 0.742. The van der Waals surface area contributed by atoms with Crippen molar-refractivity contribution in [2.24, 2.45) is 0 Å². The lowest BCUT2D eigenvalue weighted by Gasteiger charge is -2.09. The standard InChI is InChI=1S/C14H13ClO/c1-16-10-12-9-13(15)7-8-14(12)11-5-3-2-4-6-11/h2-9H,10H2,1H3. The summed E-state index contributed by atoms with van der Waals surface area (Å²) in [7, 11) is 1.69. The Morgan fingerprint density at radius 1 is 1.06 bits per heavy atom. The van der Waals surface area contributed by atoms with Gasteiger partial charge in [0.25, 0.3) is 0 Å². The van der Waals surface area contributed by atoms with E-state index < -0.39 is 0 Å². The van der Waals surface area contributed by atoms with Crippen molar-refractivity contribution in [2.75, 3.05) is 7.11 Å². The van der Waals surface area contributed by atoms with Crippen molar-refractivity contribution in [1.82, 2.24) is 0 Å². The molecule has 0 N–H and O–H groups in total. The molecule has 0 aliphatic rings. The highest BCUT2D eigenvalue weighted by Crippen LogP contribution is 2.26. The molecular weight excluding hydrogens is 220 g/mol. The van der Waals surface area contributed by atoms with E-state index in [-0.39, 0.29) is 0 Å². The minimum absolute atomic E-state index is 0.574. The largest absolute Gasteiger partial charge is 0.380 e. The van der Waals surface area contributed by atoms with Gasteiger partial charge in [-0.15, -0.1) is 0 Å². The second-order valence-electron chi connectivity index (χ2n) is 3.60. The van der Waals surface area contributed by atoms with E-state index in [0.717, 1.165) is 10.6 Å². The van der Waals surface area contributed by atoms with E-state index in [2.05, 4.69) is 12.1 Å². The second-order valence-corrected chi connectivity index (χ2v) is 4.04.